The Balaban J connectivity index is 2.24. The molecule has 6 nitrogen and oxygen atoms in total. The molecule has 3 aromatic rings. The number of rotatable bonds is 4. The van der Waals surface area contributed by atoms with E-state index in [-0.39, 0.29) is 5.91 Å². The summed E-state index contributed by atoms with van der Waals surface area (Å²) in [5.74, 6) is -0.317. The fraction of sp³-hybridized carbons (Fsp3) is 0.188. The van der Waals surface area contributed by atoms with Gasteiger partial charge >= 0.3 is 0 Å². The Morgan fingerprint density at radius 1 is 1.32 bits per heavy atom. The van der Waals surface area contributed by atoms with Crippen molar-refractivity contribution in [3.63, 3.8) is 0 Å². The van der Waals surface area contributed by atoms with E-state index in [0.29, 0.717) is 23.1 Å². The number of carbonyl (C=O) groups is 1. The number of nitrogens with zero attached hydrogens (tertiary/aromatic N) is 3. The summed E-state index contributed by atoms with van der Waals surface area (Å²) in [5, 5.41) is 4.99. The van der Waals surface area contributed by atoms with E-state index in [0.717, 1.165) is 11.3 Å². The van der Waals surface area contributed by atoms with Gasteiger partial charge in [-0.3, -0.25) is 9.63 Å². The van der Waals surface area contributed by atoms with Gasteiger partial charge < -0.3 is 0 Å². The fourth-order valence-electron chi connectivity index (χ4n) is 2.37. The molecule has 1 amide bonds. The molecule has 0 saturated heterocycles. The molecule has 3 rings (SSSR count). The summed E-state index contributed by atoms with van der Waals surface area (Å²) < 4.78 is 1.77. The van der Waals surface area contributed by atoms with Crippen molar-refractivity contribution in [2.45, 2.75) is 13.5 Å². The van der Waals surface area contributed by atoms with Crippen LogP contribution in [0, 0.1) is 0 Å². The van der Waals surface area contributed by atoms with E-state index in [9.17, 15) is 4.79 Å². The van der Waals surface area contributed by atoms with E-state index in [1.807, 2.05) is 37.3 Å². The second-order valence-electron chi connectivity index (χ2n) is 4.75. The smallest absolute Gasteiger partial charge is 0.275 e. The molecule has 0 spiro atoms. The summed E-state index contributed by atoms with van der Waals surface area (Å²) in [6.07, 6.45) is 1.66. The fourth-order valence-corrected chi connectivity index (χ4v) is 2.37. The minimum atomic E-state index is -0.317. The minimum Gasteiger partial charge on any atom is -0.277 e. The van der Waals surface area contributed by atoms with Gasteiger partial charge in [0.05, 0.1) is 30.0 Å². The average Bonchev–Trinajstić information content (AvgIpc) is 2.98. The van der Waals surface area contributed by atoms with Gasteiger partial charge in [-0.25, -0.2) is 15.1 Å². The van der Waals surface area contributed by atoms with E-state index < -0.39 is 0 Å². The Labute approximate surface area is 127 Å². The normalized spacial score (nSPS) is 10.8. The lowest BCUT2D eigenvalue weighted by Gasteiger charge is -2.08. The second-order valence-corrected chi connectivity index (χ2v) is 4.75. The Morgan fingerprint density at radius 2 is 2.09 bits per heavy atom. The van der Waals surface area contributed by atoms with Gasteiger partial charge in [0.1, 0.15) is 0 Å². The number of benzene rings is 1. The number of aromatic nitrogens is 3. The topological polar surface area (TPSA) is 69.0 Å². The minimum absolute atomic E-state index is 0.317. The Bertz CT molecular complexity index is 812. The van der Waals surface area contributed by atoms with Crippen LogP contribution in [0.5, 0.6) is 0 Å². The molecule has 2 aromatic heterocycles. The quantitative estimate of drug-likeness (QED) is 0.751. The summed E-state index contributed by atoms with van der Waals surface area (Å²) in [6.45, 7) is 2.66. The van der Waals surface area contributed by atoms with Crippen molar-refractivity contribution in [1.29, 1.82) is 0 Å². The molecule has 0 atom stereocenters. The highest BCUT2D eigenvalue weighted by atomic mass is 16.6. The first kappa shape index (κ1) is 14.2. The van der Waals surface area contributed by atoms with E-state index >= 15 is 0 Å². The molecule has 0 aliphatic rings. The molecule has 112 valence electrons. The Kier molecular flexibility index (Phi) is 3.84. The zero-order chi connectivity index (χ0) is 15.5. The summed E-state index contributed by atoms with van der Waals surface area (Å²) in [7, 11) is 1.41. The number of carbonyl (C=O) groups excluding carboxylic acids is 1. The molecule has 6 heteroatoms. The molecule has 0 saturated carbocycles. The molecule has 0 aliphatic heterocycles. The first-order valence-electron chi connectivity index (χ1n) is 7.00. The number of aryl methyl sites for hydroxylation is 1. The number of pyridine rings is 1. The van der Waals surface area contributed by atoms with Crippen molar-refractivity contribution in [1.82, 2.24) is 20.2 Å². The lowest BCUT2D eigenvalue weighted by Crippen LogP contribution is -2.22. The van der Waals surface area contributed by atoms with Crippen molar-refractivity contribution in [2.75, 3.05) is 7.11 Å². The molecule has 22 heavy (non-hydrogen) atoms. The lowest BCUT2D eigenvalue weighted by atomic mass is 10.1. The van der Waals surface area contributed by atoms with Gasteiger partial charge in [0, 0.05) is 12.1 Å². The molecular formula is C16H16N4O2. The van der Waals surface area contributed by atoms with Crippen LogP contribution >= 0.6 is 0 Å². The number of amides is 1. The van der Waals surface area contributed by atoms with Crippen LogP contribution < -0.4 is 5.48 Å². The van der Waals surface area contributed by atoms with Crippen molar-refractivity contribution in [2.24, 2.45) is 0 Å². The van der Waals surface area contributed by atoms with Crippen molar-refractivity contribution in [3.8, 4) is 11.3 Å². The van der Waals surface area contributed by atoms with Crippen LogP contribution in [-0.2, 0) is 11.4 Å². The van der Waals surface area contributed by atoms with Crippen LogP contribution in [0.1, 0.15) is 17.3 Å². The number of hydrogen-bond acceptors (Lipinski definition) is 4. The number of fused-ring (bicyclic) bond motifs is 1. The van der Waals surface area contributed by atoms with Crippen LogP contribution in [0.3, 0.4) is 0 Å². The third-order valence-electron chi connectivity index (χ3n) is 3.42. The van der Waals surface area contributed by atoms with E-state index in [4.69, 9.17) is 4.84 Å². The first-order chi connectivity index (χ1) is 10.7. The second kappa shape index (κ2) is 5.95. The number of hydrogen-bond donors (Lipinski definition) is 1. The predicted molar refractivity (Wildman–Crippen MR) is 83.1 cm³/mol. The zero-order valence-corrected chi connectivity index (χ0v) is 12.4. The van der Waals surface area contributed by atoms with E-state index in [1.165, 1.54) is 7.11 Å². The first-order valence-corrected chi connectivity index (χ1v) is 7.00. The highest BCUT2D eigenvalue weighted by Gasteiger charge is 2.17. The SMILES string of the molecule is CCn1ncc2c(C(=O)NOC)cc(-c3ccccc3)nc21. The third-order valence-corrected chi connectivity index (χ3v) is 3.42. The Hall–Kier alpha value is -2.73. The molecule has 0 fully saturated rings. The van der Waals surface area contributed by atoms with Crippen molar-refractivity contribution in [3.05, 3.63) is 48.2 Å². The largest absolute Gasteiger partial charge is 0.277 e. The maximum Gasteiger partial charge on any atom is 0.275 e. The van der Waals surface area contributed by atoms with Gasteiger partial charge in [0.15, 0.2) is 5.65 Å². The highest BCUT2D eigenvalue weighted by molar-refractivity contribution is 6.06. The van der Waals surface area contributed by atoms with Crippen LogP contribution in [0.2, 0.25) is 0 Å². The van der Waals surface area contributed by atoms with E-state index in [1.54, 1.807) is 16.9 Å². The monoisotopic (exact) mass is 296 g/mol. The van der Waals surface area contributed by atoms with Crippen LogP contribution in [0.15, 0.2) is 42.6 Å². The maximum atomic E-state index is 12.2. The van der Waals surface area contributed by atoms with Crippen molar-refractivity contribution < 1.29 is 9.63 Å². The Morgan fingerprint density at radius 3 is 2.77 bits per heavy atom. The average molecular weight is 296 g/mol. The van der Waals surface area contributed by atoms with Gasteiger partial charge in [-0.05, 0) is 13.0 Å². The van der Waals surface area contributed by atoms with Crippen molar-refractivity contribution >= 4 is 16.9 Å². The highest BCUT2D eigenvalue weighted by Crippen LogP contribution is 2.24. The molecule has 0 unspecified atom stereocenters. The van der Waals surface area contributed by atoms with Crippen LogP contribution in [0.25, 0.3) is 22.3 Å². The van der Waals surface area contributed by atoms with Gasteiger partial charge in [-0.1, -0.05) is 30.3 Å². The predicted octanol–water partition coefficient (Wildman–Crippen LogP) is 2.41. The third kappa shape index (κ3) is 2.44. The summed E-state index contributed by atoms with van der Waals surface area (Å²) >= 11 is 0. The van der Waals surface area contributed by atoms with Gasteiger partial charge in [0.2, 0.25) is 0 Å². The molecule has 0 radical (unpaired) electrons. The number of hydroxylamine groups is 1. The molecule has 2 heterocycles. The molecular weight excluding hydrogens is 280 g/mol. The van der Waals surface area contributed by atoms with E-state index in [2.05, 4.69) is 15.6 Å². The van der Waals surface area contributed by atoms with Crippen LogP contribution in [-0.4, -0.2) is 27.8 Å². The molecule has 1 N–H and O–H groups in total. The summed E-state index contributed by atoms with van der Waals surface area (Å²) in [6, 6.07) is 11.5. The molecule has 0 aliphatic carbocycles. The van der Waals surface area contributed by atoms with Gasteiger partial charge in [-0.2, -0.15) is 5.10 Å². The standard InChI is InChI=1S/C16H16N4O2/c1-3-20-15-13(10-17-20)12(16(21)19-22-2)9-14(18-15)11-7-5-4-6-8-11/h4-10H,3H2,1-2H3,(H,19,21). The molecule has 0 bridgehead atoms. The number of nitrogens with one attached hydrogen (secondary N) is 1. The lowest BCUT2D eigenvalue weighted by molar-refractivity contribution is 0.0539. The zero-order valence-electron chi connectivity index (χ0n) is 12.4. The van der Waals surface area contributed by atoms with Gasteiger partial charge in [0.25, 0.3) is 5.91 Å². The summed E-state index contributed by atoms with van der Waals surface area (Å²) in [5.41, 5.74) is 5.20. The van der Waals surface area contributed by atoms with Gasteiger partial charge in [-0.15, -0.1) is 0 Å². The molecule has 1 aromatic carbocycles. The van der Waals surface area contributed by atoms with Crippen LogP contribution in [0.4, 0.5) is 0 Å². The maximum absolute atomic E-state index is 12.2. The summed E-state index contributed by atoms with van der Waals surface area (Å²) in [4.78, 5) is 21.6.